The fourth-order valence-electron chi connectivity index (χ4n) is 3.10. The normalized spacial score (nSPS) is 20.7. The predicted octanol–water partition coefficient (Wildman–Crippen LogP) is 0.971. The number of H-pyrrole nitrogens is 1. The Balaban J connectivity index is 0.00000121. The molecule has 1 amide bonds. The molecule has 1 atom stereocenters. The molecule has 0 spiro atoms. The summed E-state index contributed by atoms with van der Waals surface area (Å²) in [6.07, 6.45) is 2.10. The molecule has 0 radical (unpaired) electrons. The number of halogens is 2. The third kappa shape index (κ3) is 4.13. The van der Waals surface area contributed by atoms with Crippen LogP contribution in [0.15, 0.2) is 0 Å². The molecule has 8 heteroatoms. The Bertz CT molecular complexity index is 494. The van der Waals surface area contributed by atoms with Crippen molar-refractivity contribution in [3.8, 4) is 0 Å². The Morgan fingerprint density at radius 2 is 2.27 bits per heavy atom. The number of hydrogen-bond acceptors (Lipinski definition) is 4. The van der Waals surface area contributed by atoms with Crippen molar-refractivity contribution in [2.75, 3.05) is 32.7 Å². The van der Waals surface area contributed by atoms with Crippen LogP contribution < -0.4 is 10.6 Å². The van der Waals surface area contributed by atoms with Crippen LogP contribution in [0.1, 0.15) is 35.1 Å². The van der Waals surface area contributed by atoms with Crippen LogP contribution in [0, 0.1) is 5.92 Å². The highest BCUT2D eigenvalue weighted by molar-refractivity contribution is 5.94. The van der Waals surface area contributed by atoms with E-state index in [1.165, 1.54) is 6.42 Å². The molecule has 0 bridgehead atoms. The lowest BCUT2D eigenvalue weighted by Gasteiger charge is -2.15. The number of rotatable bonds is 4. The van der Waals surface area contributed by atoms with Gasteiger partial charge in [-0.1, -0.05) is 6.92 Å². The second-order valence-corrected chi connectivity index (χ2v) is 5.71. The number of carbonyl (C=O) groups excluding carboxylic acids is 1. The summed E-state index contributed by atoms with van der Waals surface area (Å²) in [6.45, 7) is 7.97. The van der Waals surface area contributed by atoms with Crippen LogP contribution in [-0.2, 0) is 13.0 Å². The zero-order valence-electron chi connectivity index (χ0n) is 12.9. The van der Waals surface area contributed by atoms with Crippen LogP contribution in [0.4, 0.5) is 0 Å². The molecular formula is C14H25Cl2N5O. The lowest BCUT2D eigenvalue weighted by atomic mass is 10.1. The summed E-state index contributed by atoms with van der Waals surface area (Å²) in [5, 5.41) is 13.5. The highest BCUT2D eigenvalue weighted by atomic mass is 35.5. The minimum atomic E-state index is -0.0406. The van der Waals surface area contributed by atoms with E-state index in [2.05, 4.69) is 32.7 Å². The van der Waals surface area contributed by atoms with Crippen LogP contribution in [0.2, 0.25) is 0 Å². The van der Waals surface area contributed by atoms with E-state index in [0.717, 1.165) is 56.9 Å². The number of hydrogen-bond donors (Lipinski definition) is 3. The molecule has 1 saturated heterocycles. The molecular weight excluding hydrogens is 325 g/mol. The van der Waals surface area contributed by atoms with Gasteiger partial charge >= 0.3 is 0 Å². The average molecular weight is 350 g/mol. The van der Waals surface area contributed by atoms with Crippen LogP contribution in [-0.4, -0.2) is 53.7 Å². The van der Waals surface area contributed by atoms with Gasteiger partial charge in [-0.15, -0.1) is 24.8 Å². The van der Waals surface area contributed by atoms with Gasteiger partial charge in [-0.25, -0.2) is 0 Å². The molecule has 0 aliphatic carbocycles. The zero-order valence-corrected chi connectivity index (χ0v) is 14.5. The van der Waals surface area contributed by atoms with Gasteiger partial charge < -0.3 is 15.5 Å². The van der Waals surface area contributed by atoms with Gasteiger partial charge in [0.2, 0.25) is 0 Å². The molecule has 3 rings (SSSR count). The Morgan fingerprint density at radius 1 is 1.45 bits per heavy atom. The second kappa shape index (κ2) is 8.72. The monoisotopic (exact) mass is 349 g/mol. The number of likely N-dealkylation sites (tertiary alicyclic amines) is 1. The summed E-state index contributed by atoms with van der Waals surface area (Å²) in [5.74, 6) is 0.535. The molecule has 1 unspecified atom stereocenters. The van der Waals surface area contributed by atoms with Crippen molar-refractivity contribution in [2.45, 2.75) is 26.3 Å². The molecule has 126 valence electrons. The van der Waals surface area contributed by atoms with Gasteiger partial charge in [-0.2, -0.15) is 5.10 Å². The van der Waals surface area contributed by atoms with E-state index in [1.807, 2.05) is 0 Å². The molecule has 1 aromatic rings. The Morgan fingerprint density at radius 3 is 3.00 bits per heavy atom. The van der Waals surface area contributed by atoms with Gasteiger partial charge in [-0.05, 0) is 25.4 Å². The van der Waals surface area contributed by atoms with E-state index in [1.54, 1.807) is 0 Å². The molecule has 0 aromatic carbocycles. The molecule has 6 nitrogen and oxygen atoms in total. The lowest BCUT2D eigenvalue weighted by molar-refractivity contribution is 0.0941. The average Bonchev–Trinajstić information content (AvgIpc) is 3.11. The first-order valence-electron chi connectivity index (χ1n) is 7.55. The van der Waals surface area contributed by atoms with Gasteiger partial charge in [0.05, 0.1) is 0 Å². The van der Waals surface area contributed by atoms with Crippen LogP contribution in [0.5, 0.6) is 0 Å². The third-order valence-corrected chi connectivity index (χ3v) is 4.39. The number of nitrogens with one attached hydrogen (secondary N) is 3. The minimum Gasteiger partial charge on any atom is -0.350 e. The van der Waals surface area contributed by atoms with Crippen molar-refractivity contribution in [1.82, 2.24) is 25.7 Å². The van der Waals surface area contributed by atoms with Gasteiger partial charge in [0.15, 0.2) is 5.69 Å². The number of fused-ring (bicyclic) bond motifs is 1. The number of amides is 1. The maximum Gasteiger partial charge on any atom is 0.272 e. The van der Waals surface area contributed by atoms with Gasteiger partial charge in [-0.3, -0.25) is 9.89 Å². The van der Waals surface area contributed by atoms with Crippen LogP contribution in [0.25, 0.3) is 0 Å². The highest BCUT2D eigenvalue weighted by Gasteiger charge is 2.24. The number of carbonyl (C=O) groups is 1. The van der Waals surface area contributed by atoms with Crippen LogP contribution >= 0.6 is 24.8 Å². The molecule has 1 aromatic heterocycles. The first-order valence-corrected chi connectivity index (χ1v) is 7.55. The Hall–Kier alpha value is -0.820. The number of aromatic nitrogens is 2. The van der Waals surface area contributed by atoms with E-state index in [9.17, 15) is 4.79 Å². The third-order valence-electron chi connectivity index (χ3n) is 4.39. The van der Waals surface area contributed by atoms with Crippen molar-refractivity contribution >= 4 is 30.7 Å². The van der Waals surface area contributed by atoms with Crippen molar-refractivity contribution in [1.29, 1.82) is 0 Å². The van der Waals surface area contributed by atoms with Crippen molar-refractivity contribution in [3.05, 3.63) is 17.0 Å². The SMILES string of the molecule is CCN1CCC(CNC(=O)c2n[nH]c3c2CNCC3)C1.Cl.Cl. The quantitative estimate of drug-likeness (QED) is 0.757. The summed E-state index contributed by atoms with van der Waals surface area (Å²) >= 11 is 0. The van der Waals surface area contributed by atoms with Crippen molar-refractivity contribution in [3.63, 3.8) is 0 Å². The van der Waals surface area contributed by atoms with Gasteiger partial charge in [0.1, 0.15) is 0 Å². The van der Waals surface area contributed by atoms with E-state index in [0.29, 0.717) is 11.6 Å². The second-order valence-electron chi connectivity index (χ2n) is 5.71. The van der Waals surface area contributed by atoms with Crippen molar-refractivity contribution < 1.29 is 4.79 Å². The van der Waals surface area contributed by atoms with Gasteiger partial charge in [0, 0.05) is 43.9 Å². The topological polar surface area (TPSA) is 73.0 Å². The standard InChI is InChI=1S/C14H23N5O.2ClH/c1-2-19-6-4-10(9-19)7-16-14(20)13-11-8-15-5-3-12(11)17-18-13;;/h10,15H,2-9H2,1H3,(H,16,20)(H,17,18);2*1H. The lowest BCUT2D eigenvalue weighted by Crippen LogP contribution is -2.32. The Kier molecular flexibility index (Phi) is 7.62. The molecule has 3 N–H and O–H groups in total. The summed E-state index contributed by atoms with van der Waals surface area (Å²) in [6, 6.07) is 0. The fraction of sp³-hybridized carbons (Fsp3) is 0.714. The van der Waals surface area contributed by atoms with E-state index >= 15 is 0 Å². The highest BCUT2D eigenvalue weighted by Crippen LogP contribution is 2.17. The van der Waals surface area contributed by atoms with E-state index in [-0.39, 0.29) is 30.7 Å². The van der Waals surface area contributed by atoms with E-state index < -0.39 is 0 Å². The maximum absolute atomic E-state index is 12.3. The molecule has 0 saturated carbocycles. The smallest absolute Gasteiger partial charge is 0.272 e. The van der Waals surface area contributed by atoms with Crippen LogP contribution in [0.3, 0.4) is 0 Å². The fourth-order valence-corrected chi connectivity index (χ4v) is 3.10. The first-order chi connectivity index (χ1) is 9.78. The summed E-state index contributed by atoms with van der Waals surface area (Å²) < 4.78 is 0. The minimum absolute atomic E-state index is 0. The molecule has 3 heterocycles. The summed E-state index contributed by atoms with van der Waals surface area (Å²) in [5.41, 5.74) is 2.71. The number of nitrogens with zero attached hydrogens (tertiary/aromatic N) is 2. The molecule has 2 aliphatic heterocycles. The van der Waals surface area contributed by atoms with E-state index in [4.69, 9.17) is 0 Å². The zero-order chi connectivity index (χ0) is 13.9. The van der Waals surface area contributed by atoms with Crippen molar-refractivity contribution in [2.24, 2.45) is 5.92 Å². The molecule has 2 aliphatic rings. The predicted molar refractivity (Wildman–Crippen MR) is 91.0 cm³/mol. The molecule has 1 fully saturated rings. The first kappa shape index (κ1) is 19.2. The largest absolute Gasteiger partial charge is 0.350 e. The molecule has 22 heavy (non-hydrogen) atoms. The number of aromatic amines is 1. The summed E-state index contributed by atoms with van der Waals surface area (Å²) in [7, 11) is 0. The Labute approximate surface area is 143 Å². The van der Waals surface area contributed by atoms with Gasteiger partial charge in [0.25, 0.3) is 5.91 Å². The maximum atomic E-state index is 12.3. The summed E-state index contributed by atoms with van der Waals surface area (Å²) in [4.78, 5) is 14.7.